The summed E-state index contributed by atoms with van der Waals surface area (Å²) in [5, 5.41) is 4.78. The first kappa shape index (κ1) is 35.5. The molecule has 12 aromatic rings. The molecule has 0 aliphatic heterocycles. The molecule has 3 heterocycles. The molecule has 62 heavy (non-hydrogen) atoms. The number of hydrogen-bond donors (Lipinski definition) is 0. The monoisotopic (exact) mass is 791 g/mol. The Balaban J connectivity index is 1.05. The zero-order valence-corrected chi connectivity index (χ0v) is 33.6. The van der Waals surface area contributed by atoms with Crippen LogP contribution in [0, 0.1) is 0 Å². The van der Waals surface area contributed by atoms with Gasteiger partial charge in [0.25, 0.3) is 0 Å². The van der Waals surface area contributed by atoms with Crippen LogP contribution in [0.15, 0.2) is 224 Å². The van der Waals surface area contributed by atoms with Crippen LogP contribution in [0.3, 0.4) is 0 Å². The Kier molecular flexibility index (Phi) is 8.42. The van der Waals surface area contributed by atoms with E-state index in [0.717, 1.165) is 50.1 Å². The van der Waals surface area contributed by atoms with E-state index >= 15 is 0 Å². The summed E-state index contributed by atoms with van der Waals surface area (Å²) < 4.78 is 4.79. The van der Waals surface area contributed by atoms with Gasteiger partial charge in [-0.05, 0) is 76.9 Å². The van der Waals surface area contributed by atoms with Gasteiger partial charge in [0.1, 0.15) is 0 Å². The van der Waals surface area contributed by atoms with Crippen molar-refractivity contribution in [3.63, 3.8) is 0 Å². The van der Waals surface area contributed by atoms with E-state index in [0.29, 0.717) is 17.5 Å². The number of para-hydroxylation sites is 3. The molecule has 0 N–H and O–H groups in total. The Labute approximate surface area is 358 Å². The lowest BCUT2D eigenvalue weighted by molar-refractivity contribution is 1.06. The Morgan fingerprint density at radius 1 is 0.258 bits per heavy atom. The van der Waals surface area contributed by atoms with Crippen molar-refractivity contribution in [2.45, 2.75) is 0 Å². The third kappa shape index (κ3) is 5.98. The maximum Gasteiger partial charge on any atom is 0.166 e. The quantitative estimate of drug-likeness (QED) is 0.162. The first-order chi connectivity index (χ1) is 30.7. The highest BCUT2D eigenvalue weighted by Gasteiger charge is 2.21. The summed E-state index contributed by atoms with van der Waals surface area (Å²) in [6.45, 7) is 0. The summed E-state index contributed by atoms with van der Waals surface area (Å²) in [7, 11) is 0. The summed E-state index contributed by atoms with van der Waals surface area (Å²) in [5.74, 6) is 1.88. The van der Waals surface area contributed by atoms with Gasteiger partial charge in [-0.2, -0.15) is 0 Å². The molecule has 12 rings (SSSR count). The smallest absolute Gasteiger partial charge is 0.166 e. The molecule has 3 aromatic heterocycles. The zero-order valence-electron chi connectivity index (χ0n) is 33.6. The van der Waals surface area contributed by atoms with Crippen LogP contribution >= 0.6 is 0 Å². The summed E-state index contributed by atoms with van der Waals surface area (Å²) in [4.78, 5) is 15.3. The molecule has 0 aliphatic carbocycles. The van der Waals surface area contributed by atoms with Crippen molar-refractivity contribution < 1.29 is 0 Å². The Morgan fingerprint density at radius 2 is 0.742 bits per heavy atom. The van der Waals surface area contributed by atoms with Crippen molar-refractivity contribution in [1.82, 2.24) is 24.1 Å². The fourth-order valence-electron chi connectivity index (χ4n) is 9.08. The number of benzene rings is 9. The van der Waals surface area contributed by atoms with Crippen molar-refractivity contribution in [3.05, 3.63) is 224 Å². The molecule has 9 aromatic carbocycles. The molecule has 0 saturated heterocycles. The molecular weight excluding hydrogens is 755 g/mol. The standard InChI is InChI=1S/C57H37N5/c1-4-17-38(18-5-1)41-23-16-24-42(35-41)43-31-34-53-49(36-43)46-26-11-13-28-50(46)61(53)44-32-33-47-45-25-10-14-29-51(45)62(54(47)37-44)52-30-15-12-27-48(52)57-59-55(39-19-6-2-7-20-39)58-56(60-57)40-21-8-3-9-22-40/h1-37H. The Morgan fingerprint density at radius 3 is 1.44 bits per heavy atom. The molecule has 0 atom stereocenters. The predicted molar refractivity (Wildman–Crippen MR) is 256 cm³/mol. The van der Waals surface area contributed by atoms with Gasteiger partial charge in [-0.1, -0.05) is 170 Å². The molecule has 0 radical (unpaired) electrons. The van der Waals surface area contributed by atoms with Gasteiger partial charge in [-0.3, -0.25) is 0 Å². The maximum atomic E-state index is 5.17. The van der Waals surface area contributed by atoms with E-state index in [2.05, 4.69) is 173 Å². The van der Waals surface area contributed by atoms with Gasteiger partial charge in [0.2, 0.25) is 0 Å². The topological polar surface area (TPSA) is 48.5 Å². The second kappa shape index (κ2) is 14.7. The average molecular weight is 792 g/mol. The summed E-state index contributed by atoms with van der Waals surface area (Å²) >= 11 is 0. The number of rotatable bonds is 7. The van der Waals surface area contributed by atoms with Crippen LogP contribution in [-0.2, 0) is 0 Å². The van der Waals surface area contributed by atoms with Crippen LogP contribution in [0.25, 0.3) is 111 Å². The maximum absolute atomic E-state index is 5.17. The second-order valence-corrected chi connectivity index (χ2v) is 15.6. The molecule has 0 fully saturated rings. The SMILES string of the molecule is c1ccc(-c2cccc(-c3ccc4c(c3)c3ccccc3n4-c3ccc4c5ccccc5n(-c5ccccc5-c5nc(-c6ccccc6)nc(-c6ccccc6)n5)c4c3)c2)cc1. The van der Waals surface area contributed by atoms with E-state index in [9.17, 15) is 0 Å². The van der Waals surface area contributed by atoms with Crippen molar-refractivity contribution >= 4 is 43.6 Å². The van der Waals surface area contributed by atoms with Gasteiger partial charge in [0.15, 0.2) is 17.5 Å². The van der Waals surface area contributed by atoms with Crippen molar-refractivity contribution in [3.8, 4) is 67.8 Å². The normalized spacial score (nSPS) is 11.5. The number of aromatic nitrogens is 5. The van der Waals surface area contributed by atoms with Crippen molar-refractivity contribution in [2.24, 2.45) is 0 Å². The van der Waals surface area contributed by atoms with Crippen LogP contribution in [0.1, 0.15) is 0 Å². The fourth-order valence-corrected chi connectivity index (χ4v) is 9.08. The summed E-state index contributed by atoms with van der Waals surface area (Å²) in [5.41, 5.74) is 14.2. The minimum Gasteiger partial charge on any atom is -0.309 e. The minimum atomic E-state index is 0.614. The molecule has 0 bridgehead atoms. The van der Waals surface area contributed by atoms with Gasteiger partial charge in [-0.15, -0.1) is 0 Å². The number of nitrogens with zero attached hydrogens (tertiary/aromatic N) is 5. The third-order valence-electron chi connectivity index (χ3n) is 12.0. The Hall–Kier alpha value is -8.41. The van der Waals surface area contributed by atoms with E-state index in [-0.39, 0.29) is 0 Å². The van der Waals surface area contributed by atoms with Crippen LogP contribution in [0.4, 0.5) is 0 Å². The Bertz CT molecular complexity index is 3570. The number of fused-ring (bicyclic) bond motifs is 6. The largest absolute Gasteiger partial charge is 0.309 e. The summed E-state index contributed by atoms with van der Waals surface area (Å²) in [6, 6.07) is 79.4. The van der Waals surface area contributed by atoms with E-state index in [1.165, 1.54) is 43.8 Å². The lowest BCUT2D eigenvalue weighted by atomic mass is 9.98. The molecule has 0 saturated carbocycles. The highest BCUT2D eigenvalue weighted by Crippen LogP contribution is 2.40. The van der Waals surface area contributed by atoms with E-state index < -0.39 is 0 Å². The zero-order chi connectivity index (χ0) is 41.0. The minimum absolute atomic E-state index is 0.614. The van der Waals surface area contributed by atoms with Crippen molar-refractivity contribution in [1.29, 1.82) is 0 Å². The van der Waals surface area contributed by atoms with Crippen LogP contribution in [0.2, 0.25) is 0 Å². The van der Waals surface area contributed by atoms with E-state index in [4.69, 9.17) is 15.0 Å². The molecule has 5 nitrogen and oxygen atoms in total. The molecule has 0 unspecified atom stereocenters. The van der Waals surface area contributed by atoms with Gasteiger partial charge in [0, 0.05) is 43.9 Å². The van der Waals surface area contributed by atoms with Crippen LogP contribution < -0.4 is 0 Å². The highest BCUT2D eigenvalue weighted by atomic mass is 15.1. The molecule has 0 amide bonds. The van der Waals surface area contributed by atoms with Gasteiger partial charge < -0.3 is 9.13 Å². The second-order valence-electron chi connectivity index (χ2n) is 15.6. The lowest BCUT2D eigenvalue weighted by Gasteiger charge is -2.15. The van der Waals surface area contributed by atoms with E-state index in [1.54, 1.807) is 0 Å². The average Bonchev–Trinajstić information content (AvgIpc) is 3.87. The fraction of sp³-hybridized carbons (Fsp3) is 0. The predicted octanol–water partition coefficient (Wildman–Crippen LogP) is 14.4. The van der Waals surface area contributed by atoms with E-state index in [1.807, 2.05) is 60.7 Å². The van der Waals surface area contributed by atoms with Gasteiger partial charge >= 0.3 is 0 Å². The lowest BCUT2D eigenvalue weighted by Crippen LogP contribution is -2.03. The highest BCUT2D eigenvalue weighted by molar-refractivity contribution is 6.13. The molecule has 5 heteroatoms. The van der Waals surface area contributed by atoms with Gasteiger partial charge in [-0.25, -0.2) is 15.0 Å². The first-order valence-corrected chi connectivity index (χ1v) is 20.9. The first-order valence-electron chi connectivity index (χ1n) is 20.9. The molecule has 290 valence electrons. The third-order valence-corrected chi connectivity index (χ3v) is 12.0. The molecular formula is C57H37N5. The van der Waals surface area contributed by atoms with Crippen LogP contribution in [0.5, 0.6) is 0 Å². The molecule has 0 spiro atoms. The number of hydrogen-bond acceptors (Lipinski definition) is 3. The van der Waals surface area contributed by atoms with Crippen molar-refractivity contribution in [2.75, 3.05) is 0 Å². The molecule has 0 aliphatic rings. The van der Waals surface area contributed by atoms with Gasteiger partial charge in [0.05, 0.1) is 27.8 Å². The van der Waals surface area contributed by atoms with Crippen LogP contribution in [-0.4, -0.2) is 24.1 Å². The summed E-state index contributed by atoms with van der Waals surface area (Å²) in [6.07, 6.45) is 0.